The first-order valence-electron chi connectivity index (χ1n) is 9.67. The van der Waals surface area contributed by atoms with Crippen LogP contribution in [-0.2, 0) is 0 Å². The lowest BCUT2D eigenvalue weighted by molar-refractivity contribution is -0.627. The van der Waals surface area contributed by atoms with Crippen molar-refractivity contribution in [3.63, 3.8) is 0 Å². The number of likely N-dealkylation sites (N-methyl/N-ethyl adjacent to an activating group) is 1. The molecule has 1 aromatic carbocycles. The molecule has 0 bridgehead atoms. The van der Waals surface area contributed by atoms with Crippen LogP contribution in [-0.4, -0.2) is 45.1 Å². The second-order valence-corrected chi connectivity index (χ2v) is 6.67. The minimum atomic E-state index is -0.615. The van der Waals surface area contributed by atoms with Gasteiger partial charge in [0.25, 0.3) is 5.88 Å². The summed E-state index contributed by atoms with van der Waals surface area (Å²) in [6.07, 6.45) is 6.15. The molecule has 0 atom stereocenters. The number of ether oxygens (including phenoxy) is 2. The summed E-state index contributed by atoms with van der Waals surface area (Å²) in [5, 5.41) is 5.77. The van der Waals surface area contributed by atoms with E-state index < -0.39 is 5.82 Å². The monoisotopic (exact) mass is 422 g/mol. The number of nitrogens with zero attached hydrogens (tertiary/aromatic N) is 5. The van der Waals surface area contributed by atoms with E-state index in [9.17, 15) is 4.39 Å². The number of aryl methyl sites for hydroxylation is 1. The van der Waals surface area contributed by atoms with Gasteiger partial charge in [-0.25, -0.2) is 24.3 Å². The third-order valence-electron chi connectivity index (χ3n) is 4.31. The van der Waals surface area contributed by atoms with Crippen LogP contribution in [0.1, 0.15) is 5.69 Å². The number of aromatic nitrogens is 5. The fourth-order valence-electron chi connectivity index (χ4n) is 2.75. The summed E-state index contributed by atoms with van der Waals surface area (Å²) in [7, 11) is 1.93. The number of anilines is 2. The van der Waals surface area contributed by atoms with Crippen molar-refractivity contribution in [1.82, 2.24) is 24.9 Å². The van der Waals surface area contributed by atoms with Gasteiger partial charge in [-0.1, -0.05) is 0 Å². The molecule has 158 valence electrons. The first-order valence-corrected chi connectivity index (χ1v) is 9.67. The number of quaternary nitrogens is 1. The molecule has 0 saturated heterocycles. The Hall–Kier alpha value is -3.92. The van der Waals surface area contributed by atoms with Crippen molar-refractivity contribution in [3.05, 3.63) is 60.7 Å². The maximum atomic E-state index is 14.4. The molecule has 4 rings (SSSR count). The van der Waals surface area contributed by atoms with E-state index in [0.717, 1.165) is 12.2 Å². The van der Waals surface area contributed by atoms with Crippen molar-refractivity contribution in [2.75, 3.05) is 25.5 Å². The number of pyridine rings is 1. The van der Waals surface area contributed by atoms with Crippen LogP contribution in [0, 0.1) is 12.7 Å². The van der Waals surface area contributed by atoms with E-state index in [1.54, 1.807) is 30.6 Å². The summed E-state index contributed by atoms with van der Waals surface area (Å²) >= 11 is 0. The summed E-state index contributed by atoms with van der Waals surface area (Å²) in [5.74, 6) is 1.05. The number of nitrogens with one attached hydrogen (secondary N) is 1. The fraction of sp³-hybridized carbons (Fsp3) is 0.190. The van der Waals surface area contributed by atoms with Crippen molar-refractivity contribution < 1.29 is 19.2 Å². The molecule has 0 aliphatic carbocycles. The van der Waals surface area contributed by atoms with Crippen LogP contribution in [0.25, 0.3) is 10.9 Å². The SMILES string of the molecule is C[NH2+]CCOc1cnc(Oc2ccc3ncnc(Nc4cnc(C)cn4)c3c2)c(F)c1. The Balaban J connectivity index is 1.57. The quantitative estimate of drug-likeness (QED) is 0.416. The lowest BCUT2D eigenvalue weighted by Gasteiger charge is -2.10. The van der Waals surface area contributed by atoms with Gasteiger partial charge < -0.3 is 20.1 Å². The summed E-state index contributed by atoms with van der Waals surface area (Å²) < 4.78 is 25.5. The smallest absolute Gasteiger partial charge is 0.256 e. The first kappa shape index (κ1) is 20.4. The maximum Gasteiger partial charge on any atom is 0.256 e. The highest BCUT2D eigenvalue weighted by molar-refractivity contribution is 5.91. The number of rotatable bonds is 8. The van der Waals surface area contributed by atoms with E-state index in [1.807, 2.05) is 19.3 Å². The minimum absolute atomic E-state index is 0.149. The highest BCUT2D eigenvalue weighted by Crippen LogP contribution is 2.30. The van der Waals surface area contributed by atoms with Gasteiger partial charge in [0.15, 0.2) is 5.82 Å². The Kier molecular flexibility index (Phi) is 6.08. The lowest BCUT2D eigenvalue weighted by Crippen LogP contribution is -2.80. The molecular formula is C21H21FN7O2+. The Morgan fingerprint density at radius 2 is 1.90 bits per heavy atom. The third kappa shape index (κ3) is 4.98. The number of nitrogens with two attached hydrogens (primary N) is 1. The summed E-state index contributed by atoms with van der Waals surface area (Å²) in [6, 6.07) is 6.41. The summed E-state index contributed by atoms with van der Waals surface area (Å²) in [5.41, 5.74) is 1.50. The number of halogens is 1. The molecule has 0 fully saturated rings. The van der Waals surface area contributed by atoms with Gasteiger partial charge in [0.2, 0.25) is 0 Å². The third-order valence-corrected chi connectivity index (χ3v) is 4.31. The zero-order valence-electron chi connectivity index (χ0n) is 17.0. The number of hydrogen-bond donors (Lipinski definition) is 2. The second-order valence-electron chi connectivity index (χ2n) is 6.67. The molecule has 10 heteroatoms. The van der Waals surface area contributed by atoms with Gasteiger partial charge in [0.1, 0.15) is 42.6 Å². The van der Waals surface area contributed by atoms with Crippen LogP contribution >= 0.6 is 0 Å². The van der Waals surface area contributed by atoms with Gasteiger partial charge in [-0.05, 0) is 25.1 Å². The van der Waals surface area contributed by atoms with Crippen LogP contribution in [0.5, 0.6) is 17.4 Å². The average Bonchev–Trinajstić information content (AvgIpc) is 2.78. The highest BCUT2D eigenvalue weighted by Gasteiger charge is 2.12. The van der Waals surface area contributed by atoms with Gasteiger partial charge in [-0.2, -0.15) is 0 Å². The Labute approximate surface area is 177 Å². The molecule has 0 aliphatic heterocycles. The molecule has 31 heavy (non-hydrogen) atoms. The molecule has 0 aliphatic rings. The van der Waals surface area contributed by atoms with Crippen molar-refractivity contribution in [2.24, 2.45) is 0 Å². The molecule has 3 N–H and O–H groups in total. The van der Waals surface area contributed by atoms with Crippen LogP contribution < -0.4 is 20.1 Å². The van der Waals surface area contributed by atoms with Gasteiger partial charge in [0.05, 0.1) is 36.8 Å². The van der Waals surface area contributed by atoms with Crippen molar-refractivity contribution in [3.8, 4) is 17.4 Å². The molecule has 0 unspecified atom stereocenters. The molecule has 0 spiro atoms. The van der Waals surface area contributed by atoms with Gasteiger partial charge in [-0.3, -0.25) is 4.98 Å². The highest BCUT2D eigenvalue weighted by atomic mass is 19.1. The lowest BCUT2D eigenvalue weighted by atomic mass is 10.2. The number of benzene rings is 1. The standard InChI is InChI=1S/C21H20FN7O2/c1-13-9-25-19(11-24-13)29-20-16-7-14(3-4-18(16)27-12-28-20)31-21-17(22)8-15(10-26-21)30-6-5-23-2/h3-4,7-12,23H,5-6H2,1-2H3,(H,25,27,28,29)/p+1. The van der Waals surface area contributed by atoms with E-state index >= 15 is 0 Å². The summed E-state index contributed by atoms with van der Waals surface area (Å²) in [4.78, 5) is 21.1. The van der Waals surface area contributed by atoms with E-state index in [2.05, 4.69) is 30.2 Å². The molecule has 0 radical (unpaired) electrons. The molecule has 3 aromatic heterocycles. The molecule has 9 nitrogen and oxygen atoms in total. The minimum Gasteiger partial charge on any atom is -0.486 e. The normalized spacial score (nSPS) is 10.8. The number of fused-ring (bicyclic) bond motifs is 1. The largest absolute Gasteiger partial charge is 0.486 e. The van der Waals surface area contributed by atoms with Gasteiger partial charge >= 0.3 is 0 Å². The molecule has 0 amide bonds. The van der Waals surface area contributed by atoms with E-state index in [0.29, 0.717) is 40.6 Å². The predicted octanol–water partition coefficient (Wildman–Crippen LogP) is 2.37. The van der Waals surface area contributed by atoms with Gasteiger partial charge in [0, 0.05) is 11.5 Å². The van der Waals surface area contributed by atoms with Gasteiger partial charge in [-0.15, -0.1) is 0 Å². The van der Waals surface area contributed by atoms with Crippen molar-refractivity contribution >= 4 is 22.5 Å². The van der Waals surface area contributed by atoms with E-state index in [1.165, 1.54) is 18.6 Å². The molecular weight excluding hydrogens is 401 g/mol. The van der Waals surface area contributed by atoms with Crippen LogP contribution in [0.2, 0.25) is 0 Å². The van der Waals surface area contributed by atoms with E-state index in [4.69, 9.17) is 9.47 Å². The Morgan fingerprint density at radius 1 is 1.00 bits per heavy atom. The maximum absolute atomic E-state index is 14.4. The Bertz CT molecular complexity index is 1190. The zero-order valence-corrected chi connectivity index (χ0v) is 17.0. The van der Waals surface area contributed by atoms with E-state index in [-0.39, 0.29) is 5.88 Å². The summed E-state index contributed by atoms with van der Waals surface area (Å²) in [6.45, 7) is 3.09. The molecule has 0 saturated carbocycles. The first-order chi connectivity index (χ1) is 15.1. The van der Waals surface area contributed by atoms with Crippen LogP contribution in [0.15, 0.2) is 49.2 Å². The number of hydrogen-bond acceptors (Lipinski definition) is 8. The average molecular weight is 422 g/mol. The van der Waals surface area contributed by atoms with Crippen LogP contribution in [0.3, 0.4) is 0 Å². The van der Waals surface area contributed by atoms with Crippen molar-refractivity contribution in [2.45, 2.75) is 6.92 Å². The Morgan fingerprint density at radius 3 is 2.68 bits per heavy atom. The topological polar surface area (TPSA) is 112 Å². The molecule has 4 aromatic rings. The second kappa shape index (κ2) is 9.26. The fourth-order valence-corrected chi connectivity index (χ4v) is 2.75. The zero-order chi connectivity index (χ0) is 21.6. The predicted molar refractivity (Wildman–Crippen MR) is 112 cm³/mol. The van der Waals surface area contributed by atoms with Crippen molar-refractivity contribution in [1.29, 1.82) is 0 Å². The molecule has 3 heterocycles. The van der Waals surface area contributed by atoms with Crippen LogP contribution in [0.4, 0.5) is 16.0 Å².